The van der Waals surface area contributed by atoms with E-state index in [4.69, 9.17) is 4.74 Å². The van der Waals surface area contributed by atoms with Gasteiger partial charge in [0.25, 0.3) is 0 Å². The molecule has 0 saturated carbocycles. The molecule has 1 atom stereocenters. The normalized spacial score (nSPS) is 12.8. The monoisotopic (exact) mass is 468 g/mol. The summed E-state index contributed by atoms with van der Waals surface area (Å²) in [5.41, 5.74) is 2.57. The van der Waals surface area contributed by atoms with Crippen molar-refractivity contribution in [2.75, 3.05) is 0 Å². The Balaban J connectivity index is 2.08. The number of halogens is 3. The second kappa shape index (κ2) is 10.5. The van der Waals surface area contributed by atoms with Crippen molar-refractivity contribution in [2.45, 2.75) is 59.1 Å². The van der Waals surface area contributed by atoms with Crippen molar-refractivity contribution in [2.24, 2.45) is 5.92 Å². The van der Waals surface area contributed by atoms with Crippen LogP contribution in [-0.4, -0.2) is 5.78 Å². The van der Waals surface area contributed by atoms with Crippen LogP contribution in [0.3, 0.4) is 0 Å². The number of alkyl halides is 3. The fourth-order valence-corrected chi connectivity index (χ4v) is 3.98. The lowest BCUT2D eigenvalue weighted by Crippen LogP contribution is -2.12. The lowest BCUT2D eigenvalue weighted by molar-refractivity contribution is -0.137. The van der Waals surface area contributed by atoms with Crippen molar-refractivity contribution < 1.29 is 22.7 Å². The van der Waals surface area contributed by atoms with Crippen LogP contribution >= 0.6 is 0 Å². The van der Waals surface area contributed by atoms with E-state index < -0.39 is 11.7 Å². The molecule has 0 aliphatic heterocycles. The molecule has 1 unspecified atom stereocenters. The maximum absolute atomic E-state index is 13.0. The van der Waals surface area contributed by atoms with Gasteiger partial charge in [-0.05, 0) is 83.8 Å². The Morgan fingerprint density at radius 3 is 2.03 bits per heavy atom. The number of ketones is 1. The molecule has 0 fully saturated rings. The van der Waals surface area contributed by atoms with Crippen LogP contribution in [-0.2, 0) is 11.0 Å². The minimum absolute atomic E-state index is 0.0472. The van der Waals surface area contributed by atoms with Gasteiger partial charge in [-0.15, -0.1) is 0 Å². The molecule has 2 nitrogen and oxygen atoms in total. The van der Waals surface area contributed by atoms with Gasteiger partial charge < -0.3 is 4.74 Å². The minimum Gasteiger partial charge on any atom is -0.457 e. The van der Waals surface area contributed by atoms with Gasteiger partial charge in [0, 0.05) is 5.92 Å². The number of hydrogen-bond donors (Lipinski definition) is 0. The Labute approximate surface area is 199 Å². The van der Waals surface area contributed by atoms with E-state index in [9.17, 15) is 18.0 Å². The van der Waals surface area contributed by atoms with Crippen LogP contribution in [0.2, 0.25) is 0 Å². The van der Waals surface area contributed by atoms with Crippen molar-refractivity contribution in [1.82, 2.24) is 0 Å². The van der Waals surface area contributed by atoms with Gasteiger partial charge in [0.05, 0.1) is 5.56 Å². The summed E-state index contributed by atoms with van der Waals surface area (Å²) in [5, 5.41) is 0. The first-order valence-corrected chi connectivity index (χ1v) is 11.5. The van der Waals surface area contributed by atoms with Gasteiger partial charge in [0.2, 0.25) is 0 Å². The maximum Gasteiger partial charge on any atom is 0.416 e. The van der Waals surface area contributed by atoms with Crippen LogP contribution in [0.5, 0.6) is 11.5 Å². The van der Waals surface area contributed by atoms with Crippen molar-refractivity contribution in [1.29, 1.82) is 0 Å². The van der Waals surface area contributed by atoms with Crippen LogP contribution in [0.1, 0.15) is 69.6 Å². The zero-order chi connectivity index (χ0) is 25.0. The van der Waals surface area contributed by atoms with E-state index in [1.807, 2.05) is 36.4 Å². The van der Waals surface area contributed by atoms with Gasteiger partial charge in [-0.2, -0.15) is 13.2 Å². The second-order valence-electron chi connectivity index (χ2n) is 9.49. The fraction of sp³-hybridized carbons (Fsp3) is 0.345. The highest BCUT2D eigenvalue weighted by Gasteiger charge is 2.30. The molecule has 0 amide bonds. The first-order chi connectivity index (χ1) is 15.9. The standard InChI is InChI=1S/C29H31F3O2/c1-18(2)13-28(20(5)33)24-14-23(21-9-11-25(12-10-21)29(30,31)32)16-27(17-24)34-26-8-6-7-22(15-26)19(3)4/h6-12,14-19,28H,13H2,1-5H3. The molecule has 0 aliphatic rings. The zero-order valence-electron chi connectivity index (χ0n) is 20.2. The number of hydrogen-bond acceptors (Lipinski definition) is 2. The zero-order valence-corrected chi connectivity index (χ0v) is 20.2. The molecule has 34 heavy (non-hydrogen) atoms. The Morgan fingerprint density at radius 1 is 0.824 bits per heavy atom. The molecular formula is C29H31F3O2. The van der Waals surface area contributed by atoms with E-state index in [0.717, 1.165) is 23.3 Å². The molecule has 0 bridgehead atoms. The van der Waals surface area contributed by atoms with E-state index in [2.05, 4.69) is 27.7 Å². The van der Waals surface area contributed by atoms with E-state index in [-0.39, 0.29) is 11.7 Å². The largest absolute Gasteiger partial charge is 0.457 e. The van der Waals surface area contributed by atoms with Crippen LogP contribution in [0.15, 0.2) is 66.7 Å². The lowest BCUT2D eigenvalue weighted by atomic mass is 9.86. The molecule has 180 valence electrons. The number of Topliss-reactive ketones (excluding diaryl/α,β-unsaturated/α-hetero) is 1. The van der Waals surface area contributed by atoms with E-state index in [0.29, 0.717) is 40.9 Å². The molecule has 5 heteroatoms. The summed E-state index contributed by atoms with van der Waals surface area (Å²) in [4.78, 5) is 12.5. The number of ether oxygens (including phenoxy) is 1. The summed E-state index contributed by atoms with van der Waals surface area (Å²) in [6, 6.07) is 18.4. The quantitative estimate of drug-likeness (QED) is 0.330. The summed E-state index contributed by atoms with van der Waals surface area (Å²) in [6.07, 6.45) is -3.72. The summed E-state index contributed by atoms with van der Waals surface area (Å²) >= 11 is 0. The first kappa shape index (κ1) is 25.5. The van der Waals surface area contributed by atoms with Crippen molar-refractivity contribution >= 4 is 5.78 Å². The molecule has 3 rings (SSSR count). The van der Waals surface area contributed by atoms with Crippen LogP contribution in [0, 0.1) is 5.92 Å². The minimum atomic E-state index is -4.40. The predicted octanol–water partition coefficient (Wildman–Crippen LogP) is 9.01. The molecule has 0 heterocycles. The van der Waals surface area contributed by atoms with Crippen LogP contribution in [0.25, 0.3) is 11.1 Å². The summed E-state index contributed by atoms with van der Waals surface area (Å²) in [5.74, 6) is 1.58. The van der Waals surface area contributed by atoms with Crippen molar-refractivity contribution in [3.05, 3.63) is 83.4 Å². The van der Waals surface area contributed by atoms with E-state index in [1.54, 1.807) is 13.0 Å². The fourth-order valence-electron chi connectivity index (χ4n) is 3.98. The number of carbonyl (C=O) groups is 1. The van der Waals surface area contributed by atoms with Gasteiger partial charge in [-0.1, -0.05) is 58.0 Å². The topological polar surface area (TPSA) is 26.3 Å². The molecule has 0 aromatic heterocycles. The average Bonchev–Trinajstić information content (AvgIpc) is 2.76. The molecule has 3 aromatic carbocycles. The molecule has 0 saturated heterocycles. The van der Waals surface area contributed by atoms with Gasteiger partial charge in [0.15, 0.2) is 0 Å². The Morgan fingerprint density at radius 2 is 1.47 bits per heavy atom. The Hall–Kier alpha value is -3.08. The highest BCUT2D eigenvalue weighted by Crippen LogP contribution is 2.36. The predicted molar refractivity (Wildman–Crippen MR) is 130 cm³/mol. The molecule has 3 aromatic rings. The van der Waals surface area contributed by atoms with E-state index in [1.165, 1.54) is 12.1 Å². The highest BCUT2D eigenvalue weighted by molar-refractivity contribution is 5.84. The van der Waals surface area contributed by atoms with Crippen LogP contribution < -0.4 is 4.74 Å². The molecular weight excluding hydrogens is 437 g/mol. The van der Waals surface area contributed by atoms with Gasteiger partial charge in [-0.3, -0.25) is 4.79 Å². The van der Waals surface area contributed by atoms with Crippen molar-refractivity contribution in [3.8, 4) is 22.6 Å². The van der Waals surface area contributed by atoms with Crippen molar-refractivity contribution in [3.63, 3.8) is 0 Å². The summed E-state index contributed by atoms with van der Waals surface area (Å²) in [6.45, 7) is 9.90. The Bertz CT molecular complexity index is 1130. The van der Waals surface area contributed by atoms with Gasteiger partial charge >= 0.3 is 6.18 Å². The summed E-state index contributed by atoms with van der Waals surface area (Å²) in [7, 11) is 0. The van der Waals surface area contributed by atoms with E-state index >= 15 is 0 Å². The SMILES string of the molecule is CC(=O)C(CC(C)C)c1cc(Oc2cccc(C(C)C)c2)cc(-c2ccc(C(F)(F)F)cc2)c1. The Kier molecular flexibility index (Phi) is 7.86. The number of rotatable bonds is 8. The second-order valence-corrected chi connectivity index (χ2v) is 9.49. The molecule has 0 aliphatic carbocycles. The third-order valence-corrected chi connectivity index (χ3v) is 5.84. The lowest BCUT2D eigenvalue weighted by Gasteiger charge is -2.19. The molecule has 0 spiro atoms. The van der Waals surface area contributed by atoms with Gasteiger partial charge in [-0.25, -0.2) is 0 Å². The smallest absolute Gasteiger partial charge is 0.416 e. The molecule has 0 N–H and O–H groups in total. The highest BCUT2D eigenvalue weighted by atomic mass is 19.4. The third kappa shape index (κ3) is 6.49. The first-order valence-electron chi connectivity index (χ1n) is 11.5. The summed E-state index contributed by atoms with van der Waals surface area (Å²) < 4.78 is 45.3. The third-order valence-electron chi connectivity index (χ3n) is 5.84. The maximum atomic E-state index is 13.0. The molecule has 0 radical (unpaired) electrons. The number of carbonyl (C=O) groups excluding carboxylic acids is 1. The van der Waals surface area contributed by atoms with Crippen LogP contribution in [0.4, 0.5) is 13.2 Å². The number of benzene rings is 3. The average molecular weight is 469 g/mol. The van der Waals surface area contributed by atoms with Gasteiger partial charge in [0.1, 0.15) is 17.3 Å².